The lowest BCUT2D eigenvalue weighted by Gasteiger charge is -2.18. The molecule has 0 aromatic carbocycles. The van der Waals surface area contributed by atoms with Crippen molar-refractivity contribution in [3.8, 4) is 0 Å². The van der Waals surface area contributed by atoms with Crippen molar-refractivity contribution in [3.05, 3.63) is 35.7 Å². The summed E-state index contributed by atoms with van der Waals surface area (Å²) in [5, 5.41) is 8.56. The third kappa shape index (κ3) is 5.64. The van der Waals surface area contributed by atoms with Crippen LogP contribution in [0.2, 0.25) is 0 Å². The molecule has 1 aromatic rings. The van der Waals surface area contributed by atoms with Crippen LogP contribution in [0.25, 0.3) is 6.08 Å². The van der Waals surface area contributed by atoms with Crippen molar-refractivity contribution in [1.82, 2.24) is 9.88 Å². The maximum atomic E-state index is 12.1. The number of carboxylic acid groups (broad SMARTS) is 1. The molecule has 0 fully saturated rings. The van der Waals surface area contributed by atoms with Crippen LogP contribution in [0.4, 0.5) is 13.2 Å². The molecule has 1 amide bonds. The Labute approximate surface area is 118 Å². The van der Waals surface area contributed by atoms with E-state index in [4.69, 9.17) is 5.11 Å². The third-order valence-electron chi connectivity index (χ3n) is 2.52. The van der Waals surface area contributed by atoms with Gasteiger partial charge in [-0.05, 0) is 12.1 Å². The minimum absolute atomic E-state index is 0.0975. The molecule has 0 aliphatic heterocycles. The van der Waals surface area contributed by atoms with Crippen LogP contribution in [0.5, 0.6) is 0 Å². The van der Waals surface area contributed by atoms with Gasteiger partial charge in [-0.15, -0.1) is 0 Å². The topological polar surface area (TPSA) is 70.5 Å². The fourth-order valence-electron chi connectivity index (χ4n) is 1.47. The molecule has 1 aromatic heterocycles. The highest BCUT2D eigenvalue weighted by Gasteiger charge is 2.28. The van der Waals surface area contributed by atoms with Crippen molar-refractivity contribution in [1.29, 1.82) is 0 Å². The molecule has 0 unspecified atom stereocenters. The summed E-state index contributed by atoms with van der Waals surface area (Å²) in [7, 11) is 1.23. The van der Waals surface area contributed by atoms with E-state index in [1.165, 1.54) is 31.5 Å². The van der Waals surface area contributed by atoms with Crippen LogP contribution in [-0.2, 0) is 4.79 Å². The molecule has 0 aliphatic rings. The van der Waals surface area contributed by atoms with E-state index >= 15 is 0 Å². The Bertz CT molecular complexity index is 556. The first-order chi connectivity index (χ1) is 9.70. The fraction of sp³-hybridized carbons (Fsp3) is 0.308. The monoisotopic (exact) mass is 302 g/mol. The Morgan fingerprint density at radius 1 is 1.43 bits per heavy atom. The number of rotatable bonds is 5. The normalized spacial score (nSPS) is 11.6. The number of alkyl halides is 3. The number of halogens is 3. The van der Waals surface area contributed by atoms with Gasteiger partial charge in [0.05, 0.1) is 6.42 Å². The van der Waals surface area contributed by atoms with Gasteiger partial charge >= 0.3 is 12.1 Å². The van der Waals surface area contributed by atoms with Crippen LogP contribution >= 0.6 is 0 Å². The quantitative estimate of drug-likeness (QED) is 0.847. The van der Waals surface area contributed by atoms with Crippen LogP contribution in [0.1, 0.15) is 22.5 Å². The third-order valence-corrected chi connectivity index (χ3v) is 2.52. The minimum atomic E-state index is -4.36. The van der Waals surface area contributed by atoms with E-state index < -0.39 is 31.0 Å². The number of aromatic nitrogens is 1. The summed E-state index contributed by atoms with van der Waals surface area (Å²) in [4.78, 5) is 27.2. The lowest BCUT2D eigenvalue weighted by molar-refractivity contribution is -0.136. The van der Waals surface area contributed by atoms with E-state index in [1.54, 1.807) is 0 Å². The lowest BCUT2D eigenvalue weighted by atomic mass is 10.1. The van der Waals surface area contributed by atoms with Crippen LogP contribution in [-0.4, -0.2) is 46.6 Å². The molecule has 0 bridgehead atoms. The maximum absolute atomic E-state index is 12.1. The molecule has 0 saturated carbocycles. The van der Waals surface area contributed by atoms with E-state index in [0.29, 0.717) is 0 Å². The molecular weight excluding hydrogens is 289 g/mol. The zero-order valence-corrected chi connectivity index (χ0v) is 11.1. The number of hydrogen-bond acceptors (Lipinski definition) is 3. The van der Waals surface area contributed by atoms with Gasteiger partial charge < -0.3 is 10.0 Å². The Balaban J connectivity index is 2.89. The zero-order chi connectivity index (χ0) is 16.0. The molecule has 8 heteroatoms. The van der Waals surface area contributed by atoms with E-state index in [1.807, 2.05) is 0 Å². The van der Waals surface area contributed by atoms with E-state index in [0.717, 1.165) is 11.0 Å². The zero-order valence-electron chi connectivity index (χ0n) is 11.1. The molecule has 1 N–H and O–H groups in total. The largest absolute Gasteiger partial charge is 0.478 e. The Kier molecular flexibility index (Phi) is 5.45. The fourth-order valence-corrected chi connectivity index (χ4v) is 1.47. The smallest absolute Gasteiger partial charge is 0.390 e. The molecule has 1 rings (SSSR count). The summed E-state index contributed by atoms with van der Waals surface area (Å²) in [5.74, 6) is -1.91. The van der Waals surface area contributed by atoms with Gasteiger partial charge in [-0.1, -0.05) is 6.07 Å². The maximum Gasteiger partial charge on any atom is 0.390 e. The first-order valence-corrected chi connectivity index (χ1v) is 5.89. The number of nitrogens with zero attached hydrogens (tertiary/aromatic N) is 2. The second-order valence-corrected chi connectivity index (χ2v) is 4.20. The van der Waals surface area contributed by atoms with Gasteiger partial charge in [-0.2, -0.15) is 13.2 Å². The van der Waals surface area contributed by atoms with Gasteiger partial charge in [0.15, 0.2) is 0 Å². The Morgan fingerprint density at radius 2 is 2.10 bits per heavy atom. The summed E-state index contributed by atoms with van der Waals surface area (Å²) in [6, 6.07) is 2.95. The van der Waals surface area contributed by atoms with Crippen LogP contribution in [0.3, 0.4) is 0 Å². The van der Waals surface area contributed by atoms with Gasteiger partial charge in [-0.3, -0.25) is 9.78 Å². The number of aliphatic carboxylic acids is 1. The average Bonchev–Trinajstić information content (AvgIpc) is 2.41. The Hall–Kier alpha value is -2.38. The number of carboxylic acids is 1. The van der Waals surface area contributed by atoms with Gasteiger partial charge in [0.25, 0.3) is 5.91 Å². The predicted octanol–water partition coefficient (Wildman–Crippen LogP) is 2.20. The summed E-state index contributed by atoms with van der Waals surface area (Å²) in [6.07, 6.45) is -2.18. The van der Waals surface area contributed by atoms with Gasteiger partial charge in [0.2, 0.25) is 0 Å². The highest BCUT2D eigenvalue weighted by Crippen LogP contribution is 2.20. The van der Waals surface area contributed by atoms with Crippen molar-refractivity contribution in [2.75, 3.05) is 13.6 Å². The second kappa shape index (κ2) is 6.87. The van der Waals surface area contributed by atoms with Gasteiger partial charge in [-0.25, -0.2) is 4.79 Å². The standard InChI is InChI=1S/C13H13F3N2O3/c1-18(8-6-13(14,15)16)12(21)11-9(3-2-7-17-11)4-5-10(19)20/h2-5,7H,6,8H2,1H3,(H,19,20)/b5-4+. The Morgan fingerprint density at radius 3 is 2.67 bits per heavy atom. The van der Waals surface area contributed by atoms with Crippen molar-refractivity contribution in [2.45, 2.75) is 12.6 Å². The van der Waals surface area contributed by atoms with Gasteiger partial charge in [0.1, 0.15) is 5.69 Å². The number of carbonyl (C=O) groups is 2. The van der Waals surface area contributed by atoms with Crippen molar-refractivity contribution >= 4 is 18.0 Å². The van der Waals surface area contributed by atoms with Crippen molar-refractivity contribution in [3.63, 3.8) is 0 Å². The molecule has 0 spiro atoms. The second-order valence-electron chi connectivity index (χ2n) is 4.20. The predicted molar refractivity (Wildman–Crippen MR) is 68.5 cm³/mol. The van der Waals surface area contributed by atoms with Crippen LogP contribution in [0.15, 0.2) is 24.4 Å². The molecule has 0 saturated heterocycles. The van der Waals surface area contributed by atoms with Crippen LogP contribution in [0, 0.1) is 0 Å². The number of carbonyl (C=O) groups excluding carboxylic acids is 1. The average molecular weight is 302 g/mol. The molecular formula is C13H13F3N2O3. The number of amides is 1. The first kappa shape index (κ1) is 16.7. The summed E-state index contributed by atoms with van der Waals surface area (Å²) < 4.78 is 36.4. The summed E-state index contributed by atoms with van der Waals surface area (Å²) in [6.45, 7) is -0.499. The molecule has 21 heavy (non-hydrogen) atoms. The minimum Gasteiger partial charge on any atom is -0.478 e. The van der Waals surface area contributed by atoms with E-state index in [9.17, 15) is 22.8 Å². The molecule has 1 heterocycles. The van der Waals surface area contributed by atoms with Crippen molar-refractivity contribution < 1.29 is 27.9 Å². The highest BCUT2D eigenvalue weighted by atomic mass is 19.4. The number of hydrogen-bond donors (Lipinski definition) is 1. The summed E-state index contributed by atoms with van der Waals surface area (Å²) in [5.41, 5.74) is 0.128. The van der Waals surface area contributed by atoms with Gasteiger partial charge in [0, 0.05) is 31.4 Å². The lowest BCUT2D eigenvalue weighted by Crippen LogP contribution is -2.31. The summed E-state index contributed by atoms with van der Waals surface area (Å²) >= 11 is 0. The molecule has 5 nitrogen and oxygen atoms in total. The molecule has 0 atom stereocenters. The van der Waals surface area contributed by atoms with E-state index in [2.05, 4.69) is 4.98 Å². The molecule has 114 valence electrons. The van der Waals surface area contributed by atoms with E-state index in [-0.39, 0.29) is 11.3 Å². The van der Waals surface area contributed by atoms with Crippen LogP contribution < -0.4 is 0 Å². The molecule has 0 aliphatic carbocycles. The SMILES string of the molecule is CN(CCC(F)(F)F)C(=O)c1ncccc1/C=C/C(=O)O. The highest BCUT2D eigenvalue weighted by molar-refractivity contribution is 5.97. The van der Waals surface area contributed by atoms with Crippen molar-refractivity contribution in [2.24, 2.45) is 0 Å². The number of pyridine rings is 1. The first-order valence-electron chi connectivity index (χ1n) is 5.89. The molecule has 0 radical (unpaired) electrons.